The first-order chi connectivity index (χ1) is 3.06. The van der Waals surface area contributed by atoms with E-state index < -0.39 is 0 Å². The maximum Gasteiger partial charge on any atom is 0.0598 e. The van der Waals surface area contributed by atoms with Gasteiger partial charge in [0.1, 0.15) is 0 Å². The largest absolute Gasteiger partial charge is 0.376 e. The second-order valence-corrected chi connectivity index (χ2v) is 2.55. The van der Waals surface area contributed by atoms with Gasteiger partial charge in [-0.2, -0.15) is 0 Å². The van der Waals surface area contributed by atoms with E-state index in [1.165, 1.54) is 0 Å². The van der Waals surface area contributed by atoms with Crippen molar-refractivity contribution in [3.63, 3.8) is 0 Å². The number of ether oxygens (including phenoxy) is 1. The predicted octanol–water partition coefficient (Wildman–Crippen LogP) is 1.82. The van der Waals surface area contributed by atoms with Crippen LogP contribution in [-0.4, -0.2) is 12.2 Å². The van der Waals surface area contributed by atoms with Crippen LogP contribution in [0.25, 0.3) is 0 Å². The third-order valence-corrected chi connectivity index (χ3v) is 0.577. The fraction of sp³-hybridized carbons (Fsp3) is 1.00. The third-order valence-electron chi connectivity index (χ3n) is 0.577. The first-order valence-electron chi connectivity index (χ1n) is 2.70. The smallest absolute Gasteiger partial charge is 0.0598 e. The maximum absolute atomic E-state index is 5.23. The van der Waals surface area contributed by atoms with E-state index in [9.17, 15) is 0 Å². The Morgan fingerprint density at radius 1 is 1.29 bits per heavy atom. The van der Waals surface area contributed by atoms with E-state index in [0.717, 1.165) is 6.61 Å². The standard InChI is InChI=1S/C6H14O/c1-5-7-6(2,3)4/h5H2,1-4H3/i2+1,3+1,4+1. The lowest BCUT2D eigenvalue weighted by Gasteiger charge is -2.17. The summed E-state index contributed by atoms with van der Waals surface area (Å²) in [5.41, 5.74) is 0.0503. The van der Waals surface area contributed by atoms with Gasteiger partial charge in [0.2, 0.25) is 0 Å². The molecule has 0 aliphatic carbocycles. The van der Waals surface area contributed by atoms with Crippen molar-refractivity contribution < 1.29 is 4.74 Å². The molecular weight excluding hydrogens is 91.0 g/mol. The molecule has 0 aliphatic rings. The number of rotatable bonds is 1. The topological polar surface area (TPSA) is 9.23 Å². The van der Waals surface area contributed by atoms with E-state index in [4.69, 9.17) is 4.74 Å². The quantitative estimate of drug-likeness (QED) is 0.462. The molecule has 0 atom stereocenters. The molecule has 7 heavy (non-hydrogen) atoms. The highest BCUT2D eigenvalue weighted by molar-refractivity contribution is 4.56. The van der Waals surface area contributed by atoms with Crippen LogP contribution in [0.4, 0.5) is 0 Å². The van der Waals surface area contributed by atoms with Crippen LogP contribution in [0.5, 0.6) is 0 Å². The van der Waals surface area contributed by atoms with E-state index in [-0.39, 0.29) is 5.60 Å². The van der Waals surface area contributed by atoms with Crippen LogP contribution in [0.15, 0.2) is 0 Å². The zero-order valence-corrected chi connectivity index (χ0v) is 5.62. The molecule has 0 amide bonds. The molecule has 0 radical (unpaired) electrons. The van der Waals surface area contributed by atoms with E-state index in [1.54, 1.807) is 0 Å². The molecular formula is C6H14O. The van der Waals surface area contributed by atoms with Crippen molar-refractivity contribution in [1.82, 2.24) is 0 Å². The lowest BCUT2D eigenvalue weighted by molar-refractivity contribution is 0.00532. The van der Waals surface area contributed by atoms with Gasteiger partial charge in [-0.3, -0.25) is 0 Å². The van der Waals surface area contributed by atoms with Crippen LogP contribution in [0.1, 0.15) is 27.7 Å². The fourth-order valence-corrected chi connectivity index (χ4v) is 0.433. The van der Waals surface area contributed by atoms with Gasteiger partial charge in [-0.1, -0.05) is 0 Å². The second-order valence-electron chi connectivity index (χ2n) is 2.55. The van der Waals surface area contributed by atoms with Gasteiger partial charge in [0.25, 0.3) is 0 Å². The summed E-state index contributed by atoms with van der Waals surface area (Å²) in [4.78, 5) is 0. The number of hydrogen-bond donors (Lipinski definition) is 0. The molecule has 0 N–H and O–H groups in total. The zero-order valence-electron chi connectivity index (χ0n) is 5.62. The number of hydrogen-bond acceptors (Lipinski definition) is 1. The van der Waals surface area contributed by atoms with Gasteiger partial charge < -0.3 is 4.74 Å². The molecule has 1 nitrogen and oxygen atoms in total. The van der Waals surface area contributed by atoms with Crippen LogP contribution in [0.3, 0.4) is 0 Å². The van der Waals surface area contributed by atoms with Crippen molar-refractivity contribution in [2.24, 2.45) is 0 Å². The molecule has 0 rings (SSSR count). The van der Waals surface area contributed by atoms with Gasteiger partial charge in [-0.05, 0) is 27.7 Å². The van der Waals surface area contributed by atoms with Crippen molar-refractivity contribution in [2.75, 3.05) is 6.61 Å². The van der Waals surface area contributed by atoms with Gasteiger partial charge in [0, 0.05) is 6.61 Å². The average Bonchev–Trinajstić information content (AvgIpc) is 1.30. The van der Waals surface area contributed by atoms with Gasteiger partial charge in [-0.25, -0.2) is 0 Å². The lowest BCUT2D eigenvalue weighted by atomic mass is 10.5. The molecule has 0 spiro atoms. The molecule has 0 aromatic heterocycles. The maximum atomic E-state index is 5.23. The van der Waals surface area contributed by atoms with E-state index in [0.29, 0.717) is 0 Å². The molecule has 0 aromatic carbocycles. The Labute approximate surface area is 45.7 Å². The molecule has 0 saturated carbocycles. The average molecular weight is 105 g/mol. The normalized spacial score (nSPS) is 12.0. The van der Waals surface area contributed by atoms with Gasteiger partial charge >= 0.3 is 0 Å². The van der Waals surface area contributed by atoms with Crippen LogP contribution >= 0.6 is 0 Å². The third kappa shape index (κ3) is 5.96. The van der Waals surface area contributed by atoms with Gasteiger partial charge in [-0.15, -0.1) is 0 Å². The SMILES string of the molecule is CCOC([13CH3])([13CH3])[13CH3]. The van der Waals surface area contributed by atoms with Crippen molar-refractivity contribution in [3.8, 4) is 0 Å². The molecule has 1 heteroatoms. The van der Waals surface area contributed by atoms with Crippen LogP contribution in [0.2, 0.25) is 0 Å². The summed E-state index contributed by atoms with van der Waals surface area (Å²) in [6.07, 6.45) is 0. The summed E-state index contributed by atoms with van der Waals surface area (Å²) in [6.45, 7) is 8.97. The highest BCUT2D eigenvalue weighted by atomic mass is 16.5. The Morgan fingerprint density at radius 2 is 1.71 bits per heavy atom. The molecule has 0 aromatic rings. The Hall–Kier alpha value is -0.0400. The predicted molar refractivity (Wildman–Crippen MR) is 31.4 cm³/mol. The first kappa shape index (κ1) is 6.96. The van der Waals surface area contributed by atoms with E-state index in [1.807, 2.05) is 6.92 Å². The van der Waals surface area contributed by atoms with Gasteiger partial charge in [0.05, 0.1) is 5.60 Å². The van der Waals surface area contributed by atoms with Crippen LogP contribution < -0.4 is 0 Å². The molecule has 0 aliphatic heterocycles. The molecule has 0 heterocycles. The van der Waals surface area contributed by atoms with E-state index in [2.05, 4.69) is 20.8 Å². The minimum Gasteiger partial charge on any atom is -0.376 e. The molecule has 44 valence electrons. The Balaban J connectivity index is 3.15. The minimum absolute atomic E-state index is 0.0503. The molecule has 0 fully saturated rings. The Morgan fingerprint density at radius 3 is 1.71 bits per heavy atom. The van der Waals surface area contributed by atoms with Gasteiger partial charge in [0.15, 0.2) is 0 Å². The molecule has 0 unspecified atom stereocenters. The molecule has 0 bridgehead atoms. The lowest BCUT2D eigenvalue weighted by Crippen LogP contribution is -2.18. The molecule has 0 saturated heterocycles. The summed E-state index contributed by atoms with van der Waals surface area (Å²) >= 11 is 0. The summed E-state index contributed by atoms with van der Waals surface area (Å²) in [7, 11) is 0. The minimum atomic E-state index is 0.0503. The second kappa shape index (κ2) is 2.31. The fourth-order valence-electron chi connectivity index (χ4n) is 0.433. The summed E-state index contributed by atoms with van der Waals surface area (Å²) in [6, 6.07) is 0. The highest BCUT2D eigenvalue weighted by Crippen LogP contribution is 2.04. The van der Waals surface area contributed by atoms with Crippen molar-refractivity contribution >= 4 is 0 Å². The Bertz CT molecular complexity index is 42.6. The van der Waals surface area contributed by atoms with E-state index >= 15 is 0 Å². The van der Waals surface area contributed by atoms with Crippen molar-refractivity contribution in [1.29, 1.82) is 0 Å². The monoisotopic (exact) mass is 105 g/mol. The summed E-state index contributed by atoms with van der Waals surface area (Å²) in [5.74, 6) is 0. The first-order valence-corrected chi connectivity index (χ1v) is 2.70. The Kier molecular flexibility index (Phi) is 2.30. The summed E-state index contributed by atoms with van der Waals surface area (Å²) < 4.78 is 5.23. The summed E-state index contributed by atoms with van der Waals surface area (Å²) in [5, 5.41) is 0. The highest BCUT2D eigenvalue weighted by Gasteiger charge is 2.06. The van der Waals surface area contributed by atoms with Crippen molar-refractivity contribution in [2.45, 2.75) is 33.3 Å². The van der Waals surface area contributed by atoms with Crippen LogP contribution in [0, 0.1) is 0 Å². The van der Waals surface area contributed by atoms with Crippen molar-refractivity contribution in [3.05, 3.63) is 0 Å². The zero-order chi connectivity index (χ0) is 5.91. The van der Waals surface area contributed by atoms with Crippen LogP contribution in [-0.2, 0) is 4.74 Å².